The molecule has 1 amide bonds. The Balaban J connectivity index is 1.51. The van der Waals surface area contributed by atoms with Gasteiger partial charge in [-0.15, -0.1) is 0 Å². The summed E-state index contributed by atoms with van der Waals surface area (Å²) in [7, 11) is -0.306. The van der Waals surface area contributed by atoms with E-state index in [0.717, 1.165) is 11.1 Å². The molecule has 0 saturated carbocycles. The van der Waals surface area contributed by atoms with E-state index in [1.807, 2.05) is 26.0 Å². The molecule has 1 heterocycles. The standard InChI is InChI=1S/C24H32N2O6S/c1-17(2)32-21-8-6-18(7-9-21)24(27)25-11-5-13-33(28,29)26-12-10-19-14-22(30-3)23(31-4)15-20(19)16-26/h6-9,14-15,17H,5,10-13,16H2,1-4H3,(H,25,27). The molecule has 0 aliphatic carbocycles. The van der Waals surface area contributed by atoms with E-state index in [9.17, 15) is 13.2 Å². The number of rotatable bonds is 10. The highest BCUT2D eigenvalue weighted by molar-refractivity contribution is 7.89. The molecule has 0 aromatic heterocycles. The van der Waals surface area contributed by atoms with Crippen molar-refractivity contribution in [2.75, 3.05) is 33.1 Å². The quantitative estimate of drug-likeness (QED) is 0.530. The second-order valence-electron chi connectivity index (χ2n) is 8.18. The number of sulfonamides is 1. The van der Waals surface area contributed by atoms with Crippen molar-refractivity contribution < 1.29 is 27.4 Å². The lowest BCUT2D eigenvalue weighted by Gasteiger charge is -2.29. The van der Waals surface area contributed by atoms with Crippen molar-refractivity contribution in [1.29, 1.82) is 0 Å². The highest BCUT2D eigenvalue weighted by atomic mass is 32.2. The van der Waals surface area contributed by atoms with Gasteiger partial charge in [0.1, 0.15) is 5.75 Å². The molecule has 1 N–H and O–H groups in total. The number of benzene rings is 2. The molecule has 33 heavy (non-hydrogen) atoms. The van der Waals surface area contributed by atoms with Crippen LogP contribution in [0.4, 0.5) is 0 Å². The minimum absolute atomic E-state index is 0.0307. The number of ether oxygens (including phenoxy) is 3. The van der Waals surface area contributed by atoms with Gasteiger partial charge in [0.2, 0.25) is 10.0 Å². The third kappa shape index (κ3) is 6.39. The lowest BCUT2D eigenvalue weighted by molar-refractivity contribution is 0.0953. The van der Waals surface area contributed by atoms with E-state index in [4.69, 9.17) is 14.2 Å². The van der Waals surface area contributed by atoms with Gasteiger partial charge in [-0.1, -0.05) is 0 Å². The Morgan fingerprint density at radius 1 is 1.06 bits per heavy atom. The fourth-order valence-corrected chi connectivity index (χ4v) is 5.21. The number of fused-ring (bicyclic) bond motifs is 1. The third-order valence-corrected chi connectivity index (χ3v) is 7.33. The number of hydrogen-bond acceptors (Lipinski definition) is 6. The third-order valence-electron chi connectivity index (χ3n) is 5.43. The summed E-state index contributed by atoms with van der Waals surface area (Å²) in [5.74, 6) is 1.66. The normalized spacial score (nSPS) is 14.0. The van der Waals surface area contributed by atoms with E-state index in [1.165, 1.54) is 4.31 Å². The highest BCUT2D eigenvalue weighted by Crippen LogP contribution is 2.33. The Bertz CT molecular complexity index is 1070. The van der Waals surface area contributed by atoms with E-state index in [0.29, 0.717) is 48.7 Å². The van der Waals surface area contributed by atoms with Crippen molar-refractivity contribution in [2.45, 2.75) is 39.3 Å². The predicted molar refractivity (Wildman–Crippen MR) is 127 cm³/mol. The van der Waals surface area contributed by atoms with Crippen molar-refractivity contribution in [3.8, 4) is 17.2 Å². The van der Waals surface area contributed by atoms with Crippen LogP contribution in [0.15, 0.2) is 36.4 Å². The fraction of sp³-hybridized carbons (Fsp3) is 0.458. The molecule has 0 bridgehead atoms. The highest BCUT2D eigenvalue weighted by Gasteiger charge is 2.27. The summed E-state index contributed by atoms with van der Waals surface area (Å²) in [6.45, 7) is 4.87. The number of hydrogen-bond donors (Lipinski definition) is 1. The lowest BCUT2D eigenvalue weighted by atomic mass is 10.0. The second-order valence-corrected chi connectivity index (χ2v) is 10.3. The Morgan fingerprint density at radius 2 is 1.70 bits per heavy atom. The largest absolute Gasteiger partial charge is 0.493 e. The molecule has 8 nitrogen and oxygen atoms in total. The molecular formula is C24H32N2O6S. The number of methoxy groups -OCH3 is 2. The molecule has 0 fully saturated rings. The smallest absolute Gasteiger partial charge is 0.251 e. The molecule has 0 saturated heterocycles. The second kappa shape index (κ2) is 10.9. The number of nitrogens with zero attached hydrogens (tertiary/aromatic N) is 1. The van der Waals surface area contributed by atoms with Crippen molar-refractivity contribution in [3.05, 3.63) is 53.1 Å². The van der Waals surface area contributed by atoms with Crippen LogP contribution >= 0.6 is 0 Å². The van der Waals surface area contributed by atoms with Gasteiger partial charge in [-0.25, -0.2) is 8.42 Å². The van der Waals surface area contributed by atoms with E-state index in [2.05, 4.69) is 5.32 Å². The van der Waals surface area contributed by atoms with Gasteiger partial charge in [-0.3, -0.25) is 4.79 Å². The topological polar surface area (TPSA) is 94.2 Å². The van der Waals surface area contributed by atoms with Gasteiger partial charge in [0, 0.05) is 25.2 Å². The predicted octanol–water partition coefficient (Wildman–Crippen LogP) is 3.00. The van der Waals surface area contributed by atoms with Crippen molar-refractivity contribution in [3.63, 3.8) is 0 Å². The van der Waals surface area contributed by atoms with Crippen LogP contribution in [0, 0.1) is 0 Å². The molecule has 0 unspecified atom stereocenters. The Kier molecular flexibility index (Phi) is 8.20. The zero-order valence-electron chi connectivity index (χ0n) is 19.6. The zero-order chi connectivity index (χ0) is 24.0. The monoisotopic (exact) mass is 476 g/mol. The number of amides is 1. The maximum Gasteiger partial charge on any atom is 0.251 e. The summed E-state index contributed by atoms with van der Waals surface area (Å²) >= 11 is 0. The van der Waals surface area contributed by atoms with Gasteiger partial charge in [0.25, 0.3) is 5.91 Å². The van der Waals surface area contributed by atoms with Crippen LogP contribution in [-0.2, 0) is 23.0 Å². The molecule has 1 aliphatic rings. The van der Waals surface area contributed by atoms with E-state index >= 15 is 0 Å². The number of carbonyl (C=O) groups excluding carboxylic acids is 1. The van der Waals surface area contributed by atoms with E-state index in [-0.39, 0.29) is 24.3 Å². The minimum atomic E-state index is -3.45. The van der Waals surface area contributed by atoms with Crippen LogP contribution in [0.3, 0.4) is 0 Å². The number of carbonyl (C=O) groups is 1. The van der Waals surface area contributed by atoms with E-state index < -0.39 is 10.0 Å². The van der Waals surface area contributed by atoms with Crippen LogP contribution < -0.4 is 19.5 Å². The molecule has 2 aromatic carbocycles. The Hall–Kier alpha value is -2.78. The van der Waals surface area contributed by atoms with Gasteiger partial charge in [-0.2, -0.15) is 4.31 Å². The van der Waals surface area contributed by atoms with Gasteiger partial charge >= 0.3 is 0 Å². The van der Waals surface area contributed by atoms with Crippen LogP contribution in [-0.4, -0.2) is 57.8 Å². The summed E-state index contributed by atoms with van der Waals surface area (Å²) in [5.41, 5.74) is 2.49. The molecule has 3 rings (SSSR count). The maximum absolute atomic E-state index is 12.9. The maximum atomic E-state index is 12.9. The summed E-state index contributed by atoms with van der Waals surface area (Å²) < 4.78 is 43.5. The molecule has 0 atom stereocenters. The Morgan fingerprint density at radius 3 is 2.30 bits per heavy atom. The summed E-state index contributed by atoms with van der Waals surface area (Å²) in [4.78, 5) is 12.3. The summed E-state index contributed by atoms with van der Waals surface area (Å²) in [5, 5.41) is 2.78. The summed E-state index contributed by atoms with van der Waals surface area (Å²) in [6, 6.07) is 10.6. The van der Waals surface area contributed by atoms with Gasteiger partial charge in [0.15, 0.2) is 11.5 Å². The summed E-state index contributed by atoms with van der Waals surface area (Å²) in [6.07, 6.45) is 1.00. The van der Waals surface area contributed by atoms with Gasteiger partial charge in [0.05, 0.1) is 26.1 Å². The minimum Gasteiger partial charge on any atom is -0.493 e. The lowest BCUT2D eigenvalue weighted by Crippen LogP contribution is -2.38. The first-order valence-corrected chi connectivity index (χ1v) is 12.6. The SMILES string of the molecule is COc1cc2c(cc1OC)CN(S(=O)(=O)CCCNC(=O)c1ccc(OC(C)C)cc1)CC2. The molecule has 0 radical (unpaired) electrons. The number of nitrogens with one attached hydrogen (secondary N) is 1. The van der Waals surface area contributed by atoms with Crippen molar-refractivity contribution in [2.24, 2.45) is 0 Å². The van der Waals surface area contributed by atoms with Gasteiger partial charge < -0.3 is 19.5 Å². The van der Waals surface area contributed by atoms with Crippen molar-refractivity contribution >= 4 is 15.9 Å². The molecule has 2 aromatic rings. The zero-order valence-corrected chi connectivity index (χ0v) is 20.4. The van der Waals surface area contributed by atoms with Crippen LogP contribution in [0.1, 0.15) is 41.8 Å². The fourth-order valence-electron chi connectivity index (χ4n) is 3.74. The van der Waals surface area contributed by atoms with E-state index in [1.54, 1.807) is 38.5 Å². The van der Waals surface area contributed by atoms with Gasteiger partial charge in [-0.05, 0) is 74.2 Å². The first-order valence-electron chi connectivity index (χ1n) is 11.0. The molecular weight excluding hydrogens is 444 g/mol. The van der Waals surface area contributed by atoms with Crippen LogP contribution in [0.25, 0.3) is 0 Å². The first-order chi connectivity index (χ1) is 15.7. The Labute approximate surface area is 195 Å². The van der Waals surface area contributed by atoms with Crippen LogP contribution in [0.2, 0.25) is 0 Å². The molecule has 180 valence electrons. The van der Waals surface area contributed by atoms with Crippen molar-refractivity contribution in [1.82, 2.24) is 9.62 Å². The molecule has 0 spiro atoms. The average molecular weight is 477 g/mol. The molecule has 9 heteroatoms. The van der Waals surface area contributed by atoms with Crippen LogP contribution in [0.5, 0.6) is 17.2 Å². The average Bonchev–Trinajstić information content (AvgIpc) is 2.80. The first kappa shape index (κ1) is 24.9. The molecule has 1 aliphatic heterocycles.